The van der Waals surface area contributed by atoms with Gasteiger partial charge in [0.05, 0.1) is 6.42 Å². The van der Waals surface area contributed by atoms with Crippen molar-refractivity contribution in [1.82, 2.24) is 4.90 Å². The molecule has 1 aromatic rings. The Morgan fingerprint density at radius 1 is 1.28 bits per heavy atom. The molecule has 0 spiro atoms. The summed E-state index contributed by atoms with van der Waals surface area (Å²) in [5.41, 5.74) is 1.12. The van der Waals surface area contributed by atoms with Crippen molar-refractivity contribution in [3.05, 3.63) is 29.8 Å². The third kappa shape index (κ3) is 3.52. The molecule has 0 radical (unpaired) electrons. The van der Waals surface area contributed by atoms with Crippen LogP contribution in [0.1, 0.15) is 25.3 Å². The lowest BCUT2D eigenvalue weighted by Gasteiger charge is -2.30. The SMILES string of the molecule is CSc1ccc(CC(=O)N2CCC(C)CC2)cc1. The first kappa shape index (κ1) is 13.5. The molecule has 1 heterocycles. The number of nitrogens with zero attached hydrogens (tertiary/aromatic N) is 1. The third-order valence-electron chi connectivity index (χ3n) is 3.65. The standard InChI is InChI=1S/C15H21NOS/c1-12-7-9-16(10-8-12)15(17)11-13-3-5-14(18-2)6-4-13/h3-6,12H,7-11H2,1-2H3. The van der Waals surface area contributed by atoms with Gasteiger partial charge in [-0.1, -0.05) is 19.1 Å². The molecule has 1 aliphatic rings. The molecule has 1 aliphatic heterocycles. The molecule has 0 aliphatic carbocycles. The predicted molar refractivity (Wildman–Crippen MR) is 76.9 cm³/mol. The second-order valence-electron chi connectivity index (χ2n) is 5.09. The van der Waals surface area contributed by atoms with E-state index in [9.17, 15) is 4.79 Å². The van der Waals surface area contributed by atoms with Crippen LogP contribution in [0.5, 0.6) is 0 Å². The summed E-state index contributed by atoms with van der Waals surface area (Å²) >= 11 is 1.73. The molecule has 98 valence electrons. The lowest BCUT2D eigenvalue weighted by molar-refractivity contribution is -0.131. The molecule has 2 rings (SSSR count). The molecule has 0 N–H and O–H groups in total. The van der Waals surface area contributed by atoms with Crippen molar-refractivity contribution in [2.45, 2.75) is 31.1 Å². The maximum Gasteiger partial charge on any atom is 0.226 e. The van der Waals surface area contributed by atoms with Crippen molar-refractivity contribution in [2.24, 2.45) is 5.92 Å². The summed E-state index contributed by atoms with van der Waals surface area (Å²) in [6.07, 6.45) is 4.91. The number of carbonyl (C=O) groups excluding carboxylic acids is 1. The van der Waals surface area contributed by atoms with E-state index in [2.05, 4.69) is 37.4 Å². The lowest BCUT2D eigenvalue weighted by atomic mass is 9.98. The van der Waals surface area contributed by atoms with Crippen molar-refractivity contribution in [2.75, 3.05) is 19.3 Å². The summed E-state index contributed by atoms with van der Waals surface area (Å²) in [4.78, 5) is 15.4. The molecule has 1 aromatic carbocycles. The van der Waals surface area contributed by atoms with Gasteiger partial charge in [0.2, 0.25) is 5.91 Å². The molecule has 0 aromatic heterocycles. The minimum absolute atomic E-state index is 0.277. The Morgan fingerprint density at radius 2 is 1.89 bits per heavy atom. The molecule has 0 saturated carbocycles. The molecule has 3 heteroatoms. The van der Waals surface area contributed by atoms with Gasteiger partial charge in [-0.15, -0.1) is 11.8 Å². The van der Waals surface area contributed by atoms with E-state index in [-0.39, 0.29) is 5.91 Å². The molecule has 2 nitrogen and oxygen atoms in total. The van der Waals surface area contributed by atoms with Gasteiger partial charge in [-0.3, -0.25) is 4.79 Å². The van der Waals surface area contributed by atoms with E-state index in [1.165, 1.54) is 4.90 Å². The fourth-order valence-electron chi connectivity index (χ4n) is 2.29. The van der Waals surface area contributed by atoms with E-state index in [0.29, 0.717) is 6.42 Å². The third-order valence-corrected chi connectivity index (χ3v) is 4.39. The first-order valence-electron chi connectivity index (χ1n) is 6.59. The highest BCUT2D eigenvalue weighted by molar-refractivity contribution is 7.98. The van der Waals surface area contributed by atoms with Gasteiger partial charge in [-0.05, 0) is 42.7 Å². The highest BCUT2D eigenvalue weighted by Crippen LogP contribution is 2.18. The second-order valence-corrected chi connectivity index (χ2v) is 5.97. The summed E-state index contributed by atoms with van der Waals surface area (Å²) < 4.78 is 0. The first-order chi connectivity index (χ1) is 8.69. The average molecular weight is 263 g/mol. The Hall–Kier alpha value is -0.960. The zero-order valence-corrected chi connectivity index (χ0v) is 12.0. The zero-order chi connectivity index (χ0) is 13.0. The Bertz CT molecular complexity index is 393. The summed E-state index contributed by atoms with van der Waals surface area (Å²) in [5.74, 6) is 1.05. The maximum atomic E-state index is 12.1. The topological polar surface area (TPSA) is 20.3 Å². The summed E-state index contributed by atoms with van der Waals surface area (Å²) in [5, 5.41) is 0. The molecule has 0 atom stereocenters. The number of amides is 1. The number of carbonyl (C=O) groups is 1. The van der Waals surface area contributed by atoms with Crippen molar-refractivity contribution >= 4 is 17.7 Å². The second kappa shape index (κ2) is 6.28. The summed E-state index contributed by atoms with van der Waals surface area (Å²) in [6, 6.07) is 8.31. The van der Waals surface area contributed by atoms with Crippen LogP contribution in [0.25, 0.3) is 0 Å². The molecule has 0 unspecified atom stereocenters. The van der Waals surface area contributed by atoms with E-state index in [4.69, 9.17) is 0 Å². The van der Waals surface area contributed by atoms with Crippen LogP contribution in [-0.2, 0) is 11.2 Å². The van der Waals surface area contributed by atoms with Crippen LogP contribution < -0.4 is 0 Å². The Labute approximate surface area is 114 Å². The number of rotatable bonds is 3. The van der Waals surface area contributed by atoms with E-state index >= 15 is 0 Å². The highest BCUT2D eigenvalue weighted by Gasteiger charge is 2.20. The van der Waals surface area contributed by atoms with Gasteiger partial charge in [0.25, 0.3) is 0 Å². The van der Waals surface area contributed by atoms with Crippen molar-refractivity contribution in [3.63, 3.8) is 0 Å². The lowest BCUT2D eigenvalue weighted by Crippen LogP contribution is -2.38. The number of benzene rings is 1. The average Bonchev–Trinajstić information content (AvgIpc) is 2.40. The number of piperidine rings is 1. The Balaban J connectivity index is 1.90. The molecular formula is C15H21NOS. The van der Waals surface area contributed by atoms with Gasteiger partial charge in [0.1, 0.15) is 0 Å². The maximum absolute atomic E-state index is 12.1. The molecule has 1 fully saturated rings. The Kier molecular flexibility index (Phi) is 4.70. The smallest absolute Gasteiger partial charge is 0.226 e. The van der Waals surface area contributed by atoms with E-state index in [0.717, 1.165) is 37.4 Å². The number of hydrogen-bond donors (Lipinski definition) is 0. The van der Waals surface area contributed by atoms with Crippen LogP contribution in [0.2, 0.25) is 0 Å². The van der Waals surface area contributed by atoms with Crippen LogP contribution in [0.3, 0.4) is 0 Å². The van der Waals surface area contributed by atoms with E-state index in [1.54, 1.807) is 11.8 Å². The van der Waals surface area contributed by atoms with Gasteiger partial charge in [0.15, 0.2) is 0 Å². The van der Waals surface area contributed by atoms with Crippen LogP contribution >= 0.6 is 11.8 Å². The zero-order valence-electron chi connectivity index (χ0n) is 11.2. The van der Waals surface area contributed by atoms with Crippen molar-refractivity contribution in [3.8, 4) is 0 Å². The quantitative estimate of drug-likeness (QED) is 0.781. The predicted octanol–water partition coefficient (Wildman–Crippen LogP) is 3.21. The fraction of sp³-hybridized carbons (Fsp3) is 0.533. The Morgan fingerprint density at radius 3 is 2.44 bits per heavy atom. The minimum atomic E-state index is 0.277. The van der Waals surface area contributed by atoms with Crippen molar-refractivity contribution in [1.29, 1.82) is 0 Å². The minimum Gasteiger partial charge on any atom is -0.342 e. The van der Waals surface area contributed by atoms with Crippen LogP contribution in [-0.4, -0.2) is 30.2 Å². The van der Waals surface area contributed by atoms with Crippen LogP contribution in [0, 0.1) is 5.92 Å². The van der Waals surface area contributed by atoms with Gasteiger partial charge in [-0.25, -0.2) is 0 Å². The molecule has 0 bridgehead atoms. The number of thioether (sulfide) groups is 1. The molecule has 1 amide bonds. The van der Waals surface area contributed by atoms with Crippen molar-refractivity contribution < 1.29 is 4.79 Å². The summed E-state index contributed by atoms with van der Waals surface area (Å²) in [6.45, 7) is 4.13. The molecular weight excluding hydrogens is 242 g/mol. The molecule has 1 saturated heterocycles. The highest BCUT2D eigenvalue weighted by atomic mass is 32.2. The van der Waals surface area contributed by atoms with Crippen LogP contribution in [0.4, 0.5) is 0 Å². The van der Waals surface area contributed by atoms with E-state index < -0.39 is 0 Å². The normalized spacial score (nSPS) is 16.9. The monoisotopic (exact) mass is 263 g/mol. The van der Waals surface area contributed by atoms with Gasteiger partial charge in [-0.2, -0.15) is 0 Å². The van der Waals surface area contributed by atoms with Gasteiger partial charge >= 0.3 is 0 Å². The van der Waals surface area contributed by atoms with Gasteiger partial charge < -0.3 is 4.90 Å². The largest absolute Gasteiger partial charge is 0.342 e. The first-order valence-corrected chi connectivity index (χ1v) is 7.82. The van der Waals surface area contributed by atoms with Gasteiger partial charge in [0, 0.05) is 18.0 Å². The fourth-order valence-corrected chi connectivity index (χ4v) is 2.70. The number of likely N-dealkylation sites (tertiary alicyclic amines) is 1. The van der Waals surface area contributed by atoms with Crippen LogP contribution in [0.15, 0.2) is 29.2 Å². The number of hydrogen-bond acceptors (Lipinski definition) is 2. The molecule has 18 heavy (non-hydrogen) atoms. The van der Waals surface area contributed by atoms with E-state index in [1.807, 2.05) is 4.90 Å². The summed E-state index contributed by atoms with van der Waals surface area (Å²) in [7, 11) is 0.